The van der Waals surface area contributed by atoms with E-state index in [1.54, 1.807) is 0 Å². The van der Waals surface area contributed by atoms with Gasteiger partial charge in [0.15, 0.2) is 0 Å². The van der Waals surface area contributed by atoms with Crippen molar-refractivity contribution in [1.82, 2.24) is 5.58 Å². The molecule has 2 radical (unpaired) electrons. The summed E-state index contributed by atoms with van der Waals surface area (Å²) in [7, 11) is 0. The van der Waals surface area contributed by atoms with Crippen molar-refractivity contribution in [2.45, 2.75) is 40.5 Å². The summed E-state index contributed by atoms with van der Waals surface area (Å²) in [6.45, 7) is 24.4. The molecule has 0 atom stereocenters. The first-order valence-corrected chi connectivity index (χ1v) is 16.4. The van der Waals surface area contributed by atoms with Crippen LogP contribution in [0.4, 0.5) is 0 Å². The van der Waals surface area contributed by atoms with Gasteiger partial charge in [0.25, 0.3) is 0 Å². The SMILES string of the molecule is C=CC1=C(C)C2=NC1=Cc1c(C)c(C=C)c3[n]1[Sn][n]1c(c(C)c(CC(=C)OO)c1=CC1=NC(=C3)C(C)=C1CC(=C)OO)=C2. The van der Waals surface area contributed by atoms with Crippen LogP contribution in [0.3, 0.4) is 0 Å². The number of allylic oxidation sites excluding steroid dienone is 5. The number of fused-ring (bicyclic) bond motifs is 2. The maximum absolute atomic E-state index is 9.49. The summed E-state index contributed by atoms with van der Waals surface area (Å²) in [4.78, 5) is 19.3. The fourth-order valence-corrected chi connectivity index (χ4v) is 10.4. The van der Waals surface area contributed by atoms with Gasteiger partial charge in [0, 0.05) is 0 Å². The third kappa shape index (κ3) is 4.52. The molecule has 0 fully saturated rings. The zero-order chi connectivity index (χ0) is 30.7. The molecule has 6 rings (SSSR count). The summed E-state index contributed by atoms with van der Waals surface area (Å²) >= 11 is -1.68. The van der Waals surface area contributed by atoms with E-state index in [0.29, 0.717) is 12.8 Å². The molecule has 0 spiro atoms. The minimum absolute atomic E-state index is 0.228. The first kappa shape index (κ1) is 29.0. The number of nitrogens with zero attached hydrogens (tertiary/aromatic N) is 4. The van der Waals surface area contributed by atoms with Crippen molar-refractivity contribution in [2.24, 2.45) is 9.98 Å². The van der Waals surface area contributed by atoms with Crippen molar-refractivity contribution in [2.75, 3.05) is 0 Å². The van der Waals surface area contributed by atoms with E-state index in [9.17, 15) is 10.5 Å². The minimum atomic E-state index is -1.68. The molecule has 6 heterocycles. The average Bonchev–Trinajstić information content (AvgIpc) is 3.61. The van der Waals surface area contributed by atoms with Crippen LogP contribution in [0.1, 0.15) is 53.9 Å². The van der Waals surface area contributed by atoms with E-state index >= 15 is 0 Å². The van der Waals surface area contributed by atoms with E-state index in [4.69, 9.17) is 9.98 Å². The van der Waals surface area contributed by atoms with Gasteiger partial charge in [0.2, 0.25) is 0 Å². The first-order chi connectivity index (χ1) is 20.6. The van der Waals surface area contributed by atoms with Gasteiger partial charge in [-0.3, -0.25) is 0 Å². The van der Waals surface area contributed by atoms with E-state index in [1.165, 1.54) is 0 Å². The second kappa shape index (κ2) is 10.9. The zero-order valence-electron chi connectivity index (χ0n) is 24.7. The molecule has 216 valence electrons. The number of aromatic nitrogens is 2. The Kier molecular flexibility index (Phi) is 7.32. The molecule has 0 unspecified atom stereocenters. The van der Waals surface area contributed by atoms with Gasteiger partial charge in [-0.1, -0.05) is 0 Å². The van der Waals surface area contributed by atoms with Crippen LogP contribution in [0.25, 0.3) is 30.4 Å². The van der Waals surface area contributed by atoms with Crippen molar-refractivity contribution < 1.29 is 20.3 Å². The fraction of sp³-hybridized carbons (Fsp3) is 0.176. The van der Waals surface area contributed by atoms with Crippen LogP contribution in [0.15, 0.2) is 87.6 Å². The van der Waals surface area contributed by atoms with E-state index < -0.39 is 21.7 Å². The standard InChI is InChI=1S/C34H32N4O4.Sn/c1-9-23-19(5)27-13-28-21(7)25(11-17(3)41-39)33(37-28)16-34-26(12-18(4)42-40)22(8)30(38-34)15-32-24(10-2)20(6)29(36-32)14-31(23)35-27;/h9-10,13-16,39-40H,1-4,11-12H2,5-8H3;/q-2;+2. The van der Waals surface area contributed by atoms with Crippen LogP contribution in [0, 0.1) is 13.8 Å². The van der Waals surface area contributed by atoms with Crippen LogP contribution in [0.5, 0.6) is 0 Å². The maximum atomic E-state index is 9.49. The fourth-order valence-electron chi connectivity index (χ4n) is 6.16. The van der Waals surface area contributed by atoms with Gasteiger partial charge in [-0.2, -0.15) is 0 Å². The molecule has 2 aromatic heterocycles. The van der Waals surface area contributed by atoms with Crippen molar-refractivity contribution in [3.8, 4) is 0 Å². The summed E-state index contributed by atoms with van der Waals surface area (Å²) in [5, 5.41) is 20.8. The summed E-state index contributed by atoms with van der Waals surface area (Å²) in [6, 6.07) is 0. The quantitative estimate of drug-likeness (QED) is 0.169. The van der Waals surface area contributed by atoms with E-state index in [2.05, 4.69) is 86.7 Å². The molecular formula is C34H32N4O4Sn. The Balaban J connectivity index is 1.82. The van der Waals surface area contributed by atoms with Crippen LogP contribution in [-0.2, 0) is 16.2 Å². The molecule has 6 bridgehead atoms. The zero-order valence-corrected chi connectivity index (χ0v) is 27.6. The van der Waals surface area contributed by atoms with Crippen LogP contribution < -0.4 is 10.7 Å². The van der Waals surface area contributed by atoms with Crippen molar-refractivity contribution in [3.05, 3.63) is 122 Å². The molecule has 0 aliphatic carbocycles. The first-order valence-electron chi connectivity index (χ1n) is 13.8. The van der Waals surface area contributed by atoms with E-state index in [1.807, 2.05) is 19.1 Å². The third-order valence-corrected chi connectivity index (χ3v) is 12.5. The van der Waals surface area contributed by atoms with Crippen LogP contribution in [0.2, 0.25) is 0 Å². The molecular weight excluding hydrogens is 647 g/mol. The van der Waals surface area contributed by atoms with Crippen molar-refractivity contribution in [1.29, 1.82) is 0 Å². The van der Waals surface area contributed by atoms with Crippen LogP contribution >= 0.6 is 0 Å². The predicted octanol–water partition coefficient (Wildman–Crippen LogP) is 5.42. The summed E-state index contributed by atoms with van der Waals surface area (Å²) < 4.78 is 4.86. The molecule has 8 nitrogen and oxygen atoms in total. The topological polar surface area (TPSA) is 93.5 Å². The number of rotatable bonds is 8. The molecule has 2 aromatic rings. The predicted molar refractivity (Wildman–Crippen MR) is 174 cm³/mol. The number of hydrogen-bond acceptors (Lipinski definition) is 6. The normalized spacial score (nSPS) is 16.4. The molecule has 0 amide bonds. The number of hydrogen-bond donors (Lipinski definition) is 2. The number of aliphatic imine (C=N–C) groups is 2. The van der Waals surface area contributed by atoms with Gasteiger partial charge in [-0.15, -0.1) is 0 Å². The van der Waals surface area contributed by atoms with E-state index in [-0.39, 0.29) is 11.5 Å². The summed E-state index contributed by atoms with van der Waals surface area (Å²) in [5.74, 6) is 0.469. The summed E-state index contributed by atoms with van der Waals surface area (Å²) in [6.07, 6.45) is 13.0. The van der Waals surface area contributed by atoms with Gasteiger partial charge in [-0.05, 0) is 0 Å². The van der Waals surface area contributed by atoms with Gasteiger partial charge in [-0.25, -0.2) is 0 Å². The Bertz CT molecular complexity index is 2020. The summed E-state index contributed by atoms with van der Waals surface area (Å²) in [5.41, 5.74) is 13.7. The Morgan fingerprint density at radius 3 is 2.12 bits per heavy atom. The van der Waals surface area contributed by atoms with Crippen molar-refractivity contribution in [3.63, 3.8) is 0 Å². The molecule has 4 aliphatic rings. The Morgan fingerprint density at radius 1 is 0.791 bits per heavy atom. The molecule has 0 saturated heterocycles. The van der Waals surface area contributed by atoms with Gasteiger partial charge >= 0.3 is 262 Å². The molecule has 4 aliphatic heterocycles. The van der Waals surface area contributed by atoms with Gasteiger partial charge in [0.05, 0.1) is 0 Å². The molecule has 0 saturated carbocycles. The Labute approximate surface area is 260 Å². The van der Waals surface area contributed by atoms with Crippen LogP contribution in [-0.4, -0.2) is 49.2 Å². The van der Waals surface area contributed by atoms with Gasteiger partial charge in [0.1, 0.15) is 0 Å². The second-order valence-electron chi connectivity index (χ2n) is 11.0. The van der Waals surface area contributed by atoms with Crippen molar-refractivity contribution >= 4 is 63.5 Å². The Hall–Kier alpha value is -4.12. The second-order valence-corrected chi connectivity index (χ2v) is 14.1. The molecule has 0 aromatic carbocycles. The Morgan fingerprint density at radius 2 is 1.44 bits per heavy atom. The molecule has 2 N–H and O–H groups in total. The average molecular weight is 679 g/mol. The molecule has 9 heteroatoms. The van der Waals surface area contributed by atoms with E-state index in [0.717, 1.165) is 89.4 Å². The monoisotopic (exact) mass is 680 g/mol. The third-order valence-electron chi connectivity index (χ3n) is 8.57. The van der Waals surface area contributed by atoms with Gasteiger partial charge < -0.3 is 0 Å². The molecule has 43 heavy (non-hydrogen) atoms.